The summed E-state index contributed by atoms with van der Waals surface area (Å²) >= 11 is 6.18. The predicted molar refractivity (Wildman–Crippen MR) is 185 cm³/mol. The number of aryl methyl sites for hydroxylation is 1. The molecule has 2 rings (SSSR count). The smallest absolute Gasteiger partial charge is 0.243 e. The van der Waals surface area contributed by atoms with Crippen LogP contribution < -0.4 is 0 Å². The first kappa shape index (κ1) is 37.4. The van der Waals surface area contributed by atoms with Crippen molar-refractivity contribution in [2.45, 2.75) is 109 Å². The zero-order valence-electron chi connectivity index (χ0n) is 27.9. The molecule has 0 fully saturated rings. The molecule has 0 amide bonds. The molecule has 0 N–H and O–H groups in total. The Bertz CT molecular complexity index is 1240. The van der Waals surface area contributed by atoms with Crippen molar-refractivity contribution in [1.82, 2.24) is 4.31 Å². The Balaban J connectivity index is 2.62. The molecule has 0 saturated heterocycles. The molecule has 0 spiro atoms. The van der Waals surface area contributed by atoms with Crippen LogP contribution >= 0.6 is 11.6 Å². The van der Waals surface area contributed by atoms with Crippen LogP contribution in [0, 0.1) is 6.92 Å². The van der Waals surface area contributed by atoms with E-state index in [0.29, 0.717) is 18.1 Å². The van der Waals surface area contributed by atoms with Crippen LogP contribution in [0.5, 0.6) is 0 Å². The Kier molecular flexibility index (Phi) is 12.9. The highest BCUT2D eigenvalue weighted by atomic mass is 35.5. The van der Waals surface area contributed by atoms with Crippen molar-refractivity contribution < 1.29 is 21.7 Å². The van der Waals surface area contributed by atoms with Gasteiger partial charge in [-0.1, -0.05) is 62.2 Å². The van der Waals surface area contributed by atoms with Gasteiger partial charge in [0.1, 0.15) is 0 Å². The molecule has 0 saturated carbocycles. The molecule has 0 heterocycles. The third kappa shape index (κ3) is 11.9. The summed E-state index contributed by atoms with van der Waals surface area (Å²) in [4.78, 5) is 0.263. The number of nitrogens with zero attached hydrogens (tertiary/aromatic N) is 1. The lowest BCUT2D eigenvalue weighted by Crippen LogP contribution is -2.52. The van der Waals surface area contributed by atoms with Gasteiger partial charge in [0.2, 0.25) is 10.0 Å². The Morgan fingerprint density at radius 3 is 1.83 bits per heavy atom. The third-order valence-corrected chi connectivity index (χ3v) is 16.2. The van der Waals surface area contributed by atoms with Crippen LogP contribution in [-0.2, 0) is 29.7 Å². The SMILES string of the molecule is Cc1ccc(S(=O)(=O)N(CC(CO[Si](C)(C)C(C)(C)C)O[Si](C)(C)C)C(CO[Si](C)(C)C)Cc2ccc(Cl)cc2)cc1. The number of halogens is 1. The molecule has 11 heteroatoms. The van der Waals surface area contributed by atoms with Crippen LogP contribution in [0.25, 0.3) is 0 Å². The lowest BCUT2D eigenvalue weighted by atomic mass is 10.1. The number of hydrogen-bond acceptors (Lipinski definition) is 5. The summed E-state index contributed by atoms with van der Waals surface area (Å²) in [7, 11) is -10.0. The zero-order chi connectivity index (χ0) is 32.1. The van der Waals surface area contributed by atoms with Gasteiger partial charge in [-0.2, -0.15) is 4.31 Å². The number of benzene rings is 2. The minimum atomic E-state index is -3.91. The number of rotatable bonds is 15. The number of hydrogen-bond donors (Lipinski definition) is 0. The Morgan fingerprint density at radius 1 is 0.810 bits per heavy atom. The molecule has 6 nitrogen and oxygen atoms in total. The van der Waals surface area contributed by atoms with Crippen molar-refractivity contribution in [3.05, 3.63) is 64.7 Å². The molecule has 42 heavy (non-hydrogen) atoms. The fraction of sp³-hybridized carbons (Fsp3) is 0.613. The van der Waals surface area contributed by atoms with Gasteiger partial charge in [0.15, 0.2) is 25.0 Å². The van der Waals surface area contributed by atoms with Gasteiger partial charge in [0, 0.05) is 11.6 Å². The van der Waals surface area contributed by atoms with E-state index in [4.69, 9.17) is 24.9 Å². The first-order valence-corrected chi connectivity index (χ1v) is 26.3. The van der Waals surface area contributed by atoms with E-state index in [2.05, 4.69) is 73.1 Å². The lowest BCUT2D eigenvalue weighted by molar-refractivity contribution is 0.0803. The summed E-state index contributed by atoms with van der Waals surface area (Å²) in [6.45, 7) is 26.5. The number of sulfonamides is 1. The second-order valence-electron chi connectivity index (χ2n) is 14.7. The molecule has 0 aliphatic rings. The monoisotopic (exact) mass is 671 g/mol. The molecular weight excluding hydrogens is 618 g/mol. The largest absolute Gasteiger partial charge is 0.416 e. The Morgan fingerprint density at radius 2 is 1.36 bits per heavy atom. The van der Waals surface area contributed by atoms with E-state index >= 15 is 0 Å². The van der Waals surface area contributed by atoms with Gasteiger partial charge in [0.05, 0.1) is 30.3 Å². The molecule has 0 aromatic heterocycles. The molecule has 0 aliphatic carbocycles. The highest BCUT2D eigenvalue weighted by Gasteiger charge is 2.40. The van der Waals surface area contributed by atoms with Gasteiger partial charge < -0.3 is 13.3 Å². The standard InChI is InChI=1S/C31H54ClNO5SSi3/c1-25-13-19-30(20-14-25)39(34,35)33(22-29(38-41(8,9)10)24-37-42(11,12)31(2,3)4)28(23-36-40(5,6)7)21-26-15-17-27(32)18-16-26/h13-20,28-29H,21-24H2,1-12H3. The minimum absolute atomic E-state index is 0.0205. The first-order chi connectivity index (χ1) is 19.0. The van der Waals surface area contributed by atoms with Crippen LogP contribution in [0.4, 0.5) is 0 Å². The quantitative estimate of drug-likeness (QED) is 0.178. The highest BCUT2D eigenvalue weighted by molar-refractivity contribution is 7.89. The van der Waals surface area contributed by atoms with Crippen molar-refractivity contribution in [3.63, 3.8) is 0 Å². The van der Waals surface area contributed by atoms with Crippen LogP contribution in [0.1, 0.15) is 31.9 Å². The van der Waals surface area contributed by atoms with E-state index in [-0.39, 0.29) is 23.1 Å². The van der Waals surface area contributed by atoms with Crippen molar-refractivity contribution in [2.24, 2.45) is 0 Å². The average Bonchev–Trinajstić information content (AvgIpc) is 2.83. The van der Waals surface area contributed by atoms with Crippen molar-refractivity contribution in [3.8, 4) is 0 Å². The van der Waals surface area contributed by atoms with E-state index in [1.165, 1.54) is 0 Å². The molecule has 238 valence electrons. The van der Waals surface area contributed by atoms with Crippen LogP contribution in [0.2, 0.25) is 62.4 Å². The summed E-state index contributed by atoms with van der Waals surface area (Å²) < 4.78 is 50.3. The van der Waals surface area contributed by atoms with Crippen LogP contribution in [0.15, 0.2) is 53.4 Å². The van der Waals surface area contributed by atoms with E-state index in [1.807, 2.05) is 43.3 Å². The van der Waals surface area contributed by atoms with Gasteiger partial charge in [-0.3, -0.25) is 0 Å². The fourth-order valence-electron chi connectivity index (χ4n) is 4.11. The maximum absolute atomic E-state index is 14.5. The third-order valence-electron chi connectivity index (χ3n) is 7.47. The topological polar surface area (TPSA) is 65.1 Å². The molecule has 0 radical (unpaired) electrons. The zero-order valence-corrected chi connectivity index (χ0v) is 32.4. The molecule has 0 bridgehead atoms. The van der Waals surface area contributed by atoms with Crippen molar-refractivity contribution in [1.29, 1.82) is 0 Å². The van der Waals surface area contributed by atoms with E-state index < -0.39 is 47.1 Å². The van der Waals surface area contributed by atoms with E-state index in [9.17, 15) is 8.42 Å². The first-order valence-electron chi connectivity index (χ1n) is 14.8. The van der Waals surface area contributed by atoms with Gasteiger partial charge in [-0.15, -0.1) is 0 Å². The summed E-state index contributed by atoms with van der Waals surface area (Å²) in [5, 5.41) is 0.663. The van der Waals surface area contributed by atoms with Gasteiger partial charge in [-0.05, 0) is 101 Å². The molecular formula is C31H54ClNO5SSi3. The highest BCUT2D eigenvalue weighted by Crippen LogP contribution is 2.37. The predicted octanol–water partition coefficient (Wildman–Crippen LogP) is 8.34. The summed E-state index contributed by atoms with van der Waals surface area (Å²) in [5.74, 6) is 0. The maximum atomic E-state index is 14.5. The lowest BCUT2D eigenvalue weighted by Gasteiger charge is -2.40. The molecule has 2 unspecified atom stereocenters. The van der Waals surface area contributed by atoms with Crippen molar-refractivity contribution >= 4 is 46.6 Å². The molecule has 2 aromatic carbocycles. The Hall–Kier alpha value is -0.829. The molecule has 2 aromatic rings. The second-order valence-corrected chi connectivity index (χ2v) is 30.8. The van der Waals surface area contributed by atoms with Crippen LogP contribution in [0.3, 0.4) is 0 Å². The normalized spacial score (nSPS) is 15.2. The van der Waals surface area contributed by atoms with Gasteiger partial charge >= 0.3 is 0 Å². The van der Waals surface area contributed by atoms with E-state index in [1.54, 1.807) is 16.4 Å². The van der Waals surface area contributed by atoms with Crippen molar-refractivity contribution in [2.75, 3.05) is 19.8 Å². The van der Waals surface area contributed by atoms with Gasteiger partial charge in [0.25, 0.3) is 0 Å². The minimum Gasteiger partial charge on any atom is -0.416 e. The van der Waals surface area contributed by atoms with Crippen LogP contribution in [-0.4, -0.2) is 69.6 Å². The molecule has 2 atom stereocenters. The molecule has 0 aliphatic heterocycles. The Labute approximate surface area is 264 Å². The fourth-order valence-corrected chi connectivity index (χ4v) is 8.75. The summed E-state index contributed by atoms with van der Waals surface area (Å²) in [6.07, 6.45) is 0.0563. The van der Waals surface area contributed by atoms with Gasteiger partial charge in [-0.25, -0.2) is 8.42 Å². The summed E-state index contributed by atoms with van der Waals surface area (Å²) in [6, 6.07) is 14.2. The van der Waals surface area contributed by atoms with E-state index in [0.717, 1.165) is 11.1 Å². The maximum Gasteiger partial charge on any atom is 0.243 e. The average molecular weight is 673 g/mol. The second kappa shape index (κ2) is 14.5. The summed E-state index contributed by atoms with van der Waals surface area (Å²) in [5.41, 5.74) is 2.00.